The summed E-state index contributed by atoms with van der Waals surface area (Å²) in [5.41, 5.74) is 2.82. The molecule has 0 saturated heterocycles. The van der Waals surface area contributed by atoms with Gasteiger partial charge in [-0.15, -0.1) is 0 Å². The summed E-state index contributed by atoms with van der Waals surface area (Å²) in [5.74, 6) is -0.989. The number of nitrogens with zero attached hydrogens (tertiary/aromatic N) is 1. The molecule has 6 nitrogen and oxygen atoms in total. The number of benzene rings is 2. The molecule has 3 rings (SSSR count). The summed E-state index contributed by atoms with van der Waals surface area (Å²) in [5, 5.41) is 13.0. The molecule has 0 bridgehead atoms. The SMILES string of the molecule is COc1ccnc(C(=S)NCC(=O)OC(Cc2ccccc2)C(C)c2ccc(F)cc2C)c1O. The molecule has 178 valence electrons. The summed E-state index contributed by atoms with van der Waals surface area (Å²) in [6, 6.07) is 15.8. The zero-order valence-corrected chi connectivity index (χ0v) is 20.1. The van der Waals surface area contributed by atoms with E-state index in [4.69, 9.17) is 21.7 Å². The summed E-state index contributed by atoms with van der Waals surface area (Å²) in [4.78, 5) is 16.9. The maximum Gasteiger partial charge on any atom is 0.325 e. The van der Waals surface area contributed by atoms with Crippen LogP contribution < -0.4 is 10.1 Å². The second-order valence-electron chi connectivity index (χ2n) is 7.90. The van der Waals surface area contributed by atoms with Crippen molar-refractivity contribution in [2.75, 3.05) is 13.7 Å². The van der Waals surface area contributed by atoms with E-state index in [0.29, 0.717) is 6.42 Å². The first-order valence-electron chi connectivity index (χ1n) is 10.8. The molecule has 0 aliphatic heterocycles. The Kier molecular flexibility index (Phi) is 8.54. The average molecular weight is 483 g/mol. The lowest BCUT2D eigenvalue weighted by Crippen LogP contribution is -2.34. The minimum Gasteiger partial charge on any atom is -0.503 e. The Labute approximate surface area is 203 Å². The zero-order chi connectivity index (χ0) is 24.7. The minimum absolute atomic E-state index is 0.0930. The van der Waals surface area contributed by atoms with Gasteiger partial charge >= 0.3 is 5.97 Å². The molecule has 0 aliphatic rings. The van der Waals surface area contributed by atoms with Gasteiger partial charge in [-0.25, -0.2) is 9.37 Å². The molecule has 0 fully saturated rings. The Hall–Kier alpha value is -3.52. The number of pyridine rings is 1. The quantitative estimate of drug-likeness (QED) is 0.344. The van der Waals surface area contributed by atoms with Crippen LogP contribution in [0, 0.1) is 12.7 Å². The molecule has 0 amide bonds. The lowest BCUT2D eigenvalue weighted by atomic mass is 9.88. The number of ether oxygens (including phenoxy) is 2. The molecule has 0 radical (unpaired) electrons. The predicted octanol–water partition coefficient (Wildman–Crippen LogP) is 4.47. The third kappa shape index (κ3) is 6.29. The van der Waals surface area contributed by atoms with Crippen LogP contribution in [0.4, 0.5) is 4.39 Å². The van der Waals surface area contributed by atoms with Gasteiger partial charge in [0.1, 0.15) is 29.1 Å². The van der Waals surface area contributed by atoms with Crippen LogP contribution in [0.3, 0.4) is 0 Å². The first-order valence-corrected chi connectivity index (χ1v) is 11.2. The number of hydrogen-bond acceptors (Lipinski definition) is 6. The summed E-state index contributed by atoms with van der Waals surface area (Å²) >= 11 is 5.28. The van der Waals surface area contributed by atoms with Crippen molar-refractivity contribution in [2.24, 2.45) is 0 Å². The van der Waals surface area contributed by atoms with Gasteiger partial charge in [0.25, 0.3) is 0 Å². The summed E-state index contributed by atoms with van der Waals surface area (Å²) in [6.45, 7) is 3.58. The Morgan fingerprint density at radius 1 is 1.21 bits per heavy atom. The number of carbonyl (C=O) groups excluding carboxylic acids is 1. The maximum atomic E-state index is 13.6. The van der Waals surface area contributed by atoms with Gasteiger partial charge in [0.15, 0.2) is 11.5 Å². The second kappa shape index (κ2) is 11.6. The third-order valence-corrected chi connectivity index (χ3v) is 5.90. The number of aryl methyl sites for hydroxylation is 1. The number of thiocarbonyl (C=S) groups is 1. The van der Waals surface area contributed by atoms with Crippen molar-refractivity contribution in [1.82, 2.24) is 10.3 Å². The highest BCUT2D eigenvalue weighted by Crippen LogP contribution is 2.29. The van der Waals surface area contributed by atoms with Crippen molar-refractivity contribution in [2.45, 2.75) is 32.3 Å². The molecule has 8 heteroatoms. The van der Waals surface area contributed by atoms with Crippen molar-refractivity contribution in [1.29, 1.82) is 0 Å². The summed E-state index contributed by atoms with van der Waals surface area (Å²) in [7, 11) is 1.42. The van der Waals surface area contributed by atoms with Crippen LogP contribution in [0.1, 0.15) is 35.2 Å². The normalized spacial score (nSPS) is 12.5. The number of esters is 1. The highest BCUT2D eigenvalue weighted by atomic mass is 32.1. The molecule has 0 aliphatic carbocycles. The highest BCUT2D eigenvalue weighted by Gasteiger charge is 2.25. The van der Waals surface area contributed by atoms with E-state index in [1.54, 1.807) is 6.07 Å². The van der Waals surface area contributed by atoms with Gasteiger partial charge in [0.2, 0.25) is 0 Å². The van der Waals surface area contributed by atoms with Crippen LogP contribution in [-0.4, -0.2) is 40.8 Å². The van der Waals surface area contributed by atoms with Crippen molar-refractivity contribution in [3.63, 3.8) is 0 Å². The van der Waals surface area contributed by atoms with E-state index in [2.05, 4.69) is 10.3 Å². The van der Waals surface area contributed by atoms with Crippen LogP contribution in [-0.2, 0) is 16.0 Å². The molecule has 1 aromatic heterocycles. The monoisotopic (exact) mass is 482 g/mol. The lowest BCUT2D eigenvalue weighted by molar-refractivity contribution is -0.148. The minimum atomic E-state index is -0.516. The molecule has 0 spiro atoms. The van der Waals surface area contributed by atoms with E-state index in [9.17, 15) is 14.3 Å². The fourth-order valence-corrected chi connectivity index (χ4v) is 3.95. The molecule has 2 aromatic carbocycles. The van der Waals surface area contributed by atoms with E-state index in [-0.39, 0.29) is 40.5 Å². The average Bonchev–Trinajstić information content (AvgIpc) is 2.82. The van der Waals surface area contributed by atoms with Gasteiger partial charge in [-0.2, -0.15) is 0 Å². The van der Waals surface area contributed by atoms with E-state index < -0.39 is 12.1 Å². The van der Waals surface area contributed by atoms with Crippen molar-refractivity contribution in [3.8, 4) is 11.5 Å². The number of aromatic nitrogens is 1. The first-order chi connectivity index (χ1) is 16.3. The zero-order valence-electron chi connectivity index (χ0n) is 19.2. The van der Waals surface area contributed by atoms with Crippen LogP contribution >= 0.6 is 12.2 Å². The van der Waals surface area contributed by atoms with Gasteiger partial charge in [-0.1, -0.05) is 55.5 Å². The number of nitrogens with one attached hydrogen (secondary N) is 1. The number of aromatic hydroxyl groups is 1. The molecule has 2 unspecified atom stereocenters. The van der Waals surface area contributed by atoms with E-state index in [1.807, 2.05) is 44.2 Å². The van der Waals surface area contributed by atoms with Crippen molar-refractivity contribution >= 4 is 23.2 Å². The largest absolute Gasteiger partial charge is 0.503 e. The van der Waals surface area contributed by atoms with Gasteiger partial charge in [0, 0.05) is 24.6 Å². The van der Waals surface area contributed by atoms with Gasteiger partial charge < -0.3 is 19.9 Å². The Morgan fingerprint density at radius 3 is 2.62 bits per heavy atom. The highest BCUT2D eigenvalue weighted by molar-refractivity contribution is 7.80. The number of carbonyl (C=O) groups is 1. The van der Waals surface area contributed by atoms with Crippen LogP contribution in [0.15, 0.2) is 60.8 Å². The number of halogens is 1. The van der Waals surface area contributed by atoms with E-state index in [0.717, 1.165) is 16.7 Å². The second-order valence-corrected chi connectivity index (χ2v) is 8.31. The van der Waals surface area contributed by atoms with Crippen LogP contribution in [0.2, 0.25) is 0 Å². The van der Waals surface area contributed by atoms with E-state index >= 15 is 0 Å². The molecule has 2 atom stereocenters. The molecule has 0 saturated carbocycles. The number of methoxy groups -OCH3 is 1. The fourth-order valence-electron chi connectivity index (χ4n) is 3.73. The Morgan fingerprint density at radius 2 is 1.94 bits per heavy atom. The smallest absolute Gasteiger partial charge is 0.325 e. The maximum absolute atomic E-state index is 13.6. The standard InChI is InChI=1S/C26H27FN2O4S/c1-16-13-19(27)9-10-20(16)17(2)22(14-18-7-5-4-6-8-18)33-23(30)15-29-26(34)24-25(31)21(32-3)11-12-28-24/h4-13,17,22,31H,14-15H2,1-3H3,(H,29,34). The van der Waals surface area contributed by atoms with Crippen LogP contribution in [0.5, 0.6) is 11.5 Å². The van der Waals surface area contributed by atoms with Gasteiger partial charge in [0.05, 0.1) is 7.11 Å². The summed E-state index contributed by atoms with van der Waals surface area (Å²) in [6.07, 6.45) is 1.45. The molecular formula is C26H27FN2O4S. The van der Waals surface area contributed by atoms with Crippen molar-refractivity contribution in [3.05, 3.63) is 89.0 Å². The molecule has 2 N–H and O–H groups in total. The lowest BCUT2D eigenvalue weighted by Gasteiger charge is -2.26. The molecule has 34 heavy (non-hydrogen) atoms. The van der Waals surface area contributed by atoms with E-state index in [1.165, 1.54) is 31.5 Å². The molecular weight excluding hydrogens is 455 g/mol. The topological polar surface area (TPSA) is 80.7 Å². The number of hydrogen-bond donors (Lipinski definition) is 2. The third-order valence-electron chi connectivity index (χ3n) is 5.56. The molecule has 3 aromatic rings. The number of rotatable bonds is 9. The van der Waals surface area contributed by atoms with Gasteiger partial charge in [-0.05, 0) is 35.7 Å². The van der Waals surface area contributed by atoms with Crippen LogP contribution in [0.25, 0.3) is 0 Å². The Balaban J connectivity index is 1.72. The predicted molar refractivity (Wildman–Crippen MR) is 132 cm³/mol. The summed E-state index contributed by atoms with van der Waals surface area (Å²) < 4.78 is 24.5. The van der Waals surface area contributed by atoms with Crippen molar-refractivity contribution < 1.29 is 23.8 Å². The van der Waals surface area contributed by atoms with Gasteiger partial charge in [-0.3, -0.25) is 4.79 Å². The fraction of sp³-hybridized carbons (Fsp3) is 0.269. The first kappa shape index (κ1) is 25.1. The molecule has 1 heterocycles. The Bertz CT molecular complexity index is 1160.